The number of aromatic nitrogens is 1. The average Bonchev–Trinajstić information content (AvgIpc) is 2.63. The van der Waals surface area contributed by atoms with E-state index in [1.54, 1.807) is 6.92 Å². The highest BCUT2D eigenvalue weighted by Gasteiger charge is 2.35. The topological polar surface area (TPSA) is 86.4 Å². The Morgan fingerprint density at radius 1 is 1.20 bits per heavy atom. The molecule has 1 aliphatic carbocycles. The molecule has 2 heterocycles. The summed E-state index contributed by atoms with van der Waals surface area (Å²) in [5.41, 5.74) is 2.11. The molecule has 158 valence electrons. The molecule has 2 aromatic rings. The van der Waals surface area contributed by atoms with Gasteiger partial charge >= 0.3 is 0 Å². The zero-order chi connectivity index (χ0) is 21.6. The summed E-state index contributed by atoms with van der Waals surface area (Å²) in [6.45, 7) is 2.06. The van der Waals surface area contributed by atoms with Crippen LogP contribution in [0.2, 0.25) is 0 Å². The quantitative estimate of drug-likeness (QED) is 0.664. The highest BCUT2D eigenvalue weighted by molar-refractivity contribution is 6.02. The number of nitrogens with one attached hydrogen (secondary N) is 3. The van der Waals surface area contributed by atoms with Crippen molar-refractivity contribution in [1.29, 1.82) is 0 Å². The lowest BCUT2D eigenvalue weighted by Crippen LogP contribution is -2.42. The lowest BCUT2D eigenvalue weighted by molar-refractivity contribution is -0.122. The van der Waals surface area contributed by atoms with E-state index in [0.717, 1.165) is 17.8 Å². The Hall–Kier alpha value is -3.30. The van der Waals surface area contributed by atoms with Crippen molar-refractivity contribution in [2.75, 3.05) is 34.4 Å². The van der Waals surface area contributed by atoms with Crippen molar-refractivity contribution in [2.45, 2.75) is 25.8 Å². The molecule has 1 fully saturated rings. The number of aryl methyl sites for hydroxylation is 1. The van der Waals surface area contributed by atoms with E-state index in [1.165, 1.54) is 0 Å². The summed E-state index contributed by atoms with van der Waals surface area (Å²) in [4.78, 5) is 30.3. The van der Waals surface area contributed by atoms with Gasteiger partial charge in [-0.2, -0.15) is 0 Å². The fraction of sp³-hybridized carbons (Fsp3) is 0.350. The van der Waals surface area contributed by atoms with Gasteiger partial charge in [-0.3, -0.25) is 9.59 Å². The van der Waals surface area contributed by atoms with E-state index in [1.807, 2.05) is 18.0 Å². The van der Waals surface area contributed by atoms with Gasteiger partial charge in [0.2, 0.25) is 11.8 Å². The summed E-state index contributed by atoms with van der Waals surface area (Å²) in [6.07, 6.45) is 1.03. The van der Waals surface area contributed by atoms with Crippen LogP contribution >= 0.6 is 0 Å². The van der Waals surface area contributed by atoms with E-state index in [2.05, 4.69) is 20.9 Å². The predicted molar refractivity (Wildman–Crippen MR) is 106 cm³/mol. The van der Waals surface area contributed by atoms with Crippen molar-refractivity contribution in [1.82, 2.24) is 4.98 Å². The first-order valence-corrected chi connectivity index (χ1v) is 9.46. The number of carbonyl (C=O) groups is 2. The van der Waals surface area contributed by atoms with E-state index >= 15 is 0 Å². The van der Waals surface area contributed by atoms with Crippen molar-refractivity contribution < 1.29 is 22.8 Å². The smallest absolute Gasteiger partial charge is 0.243 e. The highest BCUT2D eigenvalue weighted by Crippen LogP contribution is 2.36. The first kappa shape index (κ1) is 20.0. The Labute approximate surface area is 170 Å². The second-order valence-electron chi connectivity index (χ2n) is 7.64. The van der Waals surface area contributed by atoms with Gasteiger partial charge in [0.25, 0.3) is 0 Å². The molecule has 10 heteroatoms. The number of pyridine rings is 1. The van der Waals surface area contributed by atoms with Crippen molar-refractivity contribution in [3.8, 4) is 0 Å². The van der Waals surface area contributed by atoms with Gasteiger partial charge in [0.05, 0.1) is 23.6 Å². The van der Waals surface area contributed by atoms with Gasteiger partial charge in [0.1, 0.15) is 5.82 Å². The summed E-state index contributed by atoms with van der Waals surface area (Å²) in [7, 11) is 1.83. The number of rotatable bonds is 4. The van der Waals surface area contributed by atoms with E-state index < -0.39 is 17.5 Å². The Morgan fingerprint density at radius 2 is 1.87 bits per heavy atom. The van der Waals surface area contributed by atoms with Gasteiger partial charge in [0, 0.05) is 42.9 Å². The minimum Gasteiger partial charge on any atom is -0.367 e. The van der Waals surface area contributed by atoms with E-state index in [4.69, 9.17) is 0 Å². The fourth-order valence-electron chi connectivity index (χ4n) is 3.70. The number of carbonyl (C=O) groups excluding carboxylic acids is 2. The number of likely N-dealkylation sites (N-methyl/N-ethyl adjacent to an activating group) is 1. The van der Waals surface area contributed by atoms with E-state index in [0.29, 0.717) is 30.0 Å². The Bertz CT molecular complexity index is 1020. The van der Waals surface area contributed by atoms with Crippen LogP contribution in [-0.2, 0) is 9.59 Å². The molecule has 0 radical (unpaired) electrons. The molecular formula is C20H20F3N5O2. The van der Waals surface area contributed by atoms with Crippen molar-refractivity contribution in [2.24, 2.45) is 5.92 Å². The molecule has 0 bridgehead atoms. The van der Waals surface area contributed by atoms with Crippen LogP contribution in [0.3, 0.4) is 0 Å². The summed E-state index contributed by atoms with van der Waals surface area (Å²) < 4.78 is 39.6. The molecule has 0 spiro atoms. The van der Waals surface area contributed by atoms with Crippen LogP contribution < -0.4 is 20.9 Å². The van der Waals surface area contributed by atoms with Crippen LogP contribution in [0.25, 0.3) is 0 Å². The molecule has 1 saturated carbocycles. The second-order valence-corrected chi connectivity index (χ2v) is 7.64. The fourth-order valence-corrected chi connectivity index (χ4v) is 3.70. The monoisotopic (exact) mass is 419 g/mol. The zero-order valence-corrected chi connectivity index (χ0v) is 16.4. The predicted octanol–water partition coefficient (Wildman–Crippen LogP) is 3.02. The molecule has 4 rings (SSSR count). The molecule has 30 heavy (non-hydrogen) atoms. The number of anilines is 4. The molecule has 2 aliphatic rings. The average molecular weight is 419 g/mol. The normalized spacial score (nSPS) is 20.2. The number of hydrogen-bond donors (Lipinski definition) is 3. The Kier molecular flexibility index (Phi) is 5.00. The number of hydrogen-bond acceptors (Lipinski definition) is 5. The van der Waals surface area contributed by atoms with Gasteiger partial charge in [0.15, 0.2) is 17.5 Å². The lowest BCUT2D eigenvalue weighted by Gasteiger charge is -2.36. The van der Waals surface area contributed by atoms with Crippen LogP contribution in [0.15, 0.2) is 18.2 Å². The van der Waals surface area contributed by atoms with Crippen LogP contribution in [0.4, 0.5) is 36.1 Å². The first-order chi connectivity index (χ1) is 14.2. The summed E-state index contributed by atoms with van der Waals surface area (Å²) in [5, 5.41) is 8.52. The Morgan fingerprint density at radius 3 is 2.53 bits per heavy atom. The molecule has 1 aliphatic heterocycles. The third-order valence-corrected chi connectivity index (χ3v) is 5.35. The van der Waals surface area contributed by atoms with Crippen LogP contribution in [-0.4, -0.2) is 36.4 Å². The van der Waals surface area contributed by atoms with Gasteiger partial charge in [-0.25, -0.2) is 18.2 Å². The number of nitrogens with zero attached hydrogens (tertiary/aromatic N) is 2. The van der Waals surface area contributed by atoms with Crippen molar-refractivity contribution in [3.05, 3.63) is 41.3 Å². The molecule has 0 saturated heterocycles. The minimum absolute atomic E-state index is 0.0101. The van der Waals surface area contributed by atoms with Crippen LogP contribution in [0.5, 0.6) is 0 Å². The number of fused-ring (bicyclic) bond motifs is 1. The van der Waals surface area contributed by atoms with Gasteiger partial charge in [-0.15, -0.1) is 0 Å². The van der Waals surface area contributed by atoms with Gasteiger partial charge in [-0.1, -0.05) is 0 Å². The number of amides is 2. The van der Waals surface area contributed by atoms with Gasteiger partial charge < -0.3 is 20.9 Å². The van der Waals surface area contributed by atoms with E-state index in [-0.39, 0.29) is 36.0 Å². The summed E-state index contributed by atoms with van der Waals surface area (Å²) >= 11 is 0. The molecule has 3 N–H and O–H groups in total. The maximum absolute atomic E-state index is 13.3. The third kappa shape index (κ3) is 3.77. The molecule has 1 aromatic carbocycles. The first-order valence-electron chi connectivity index (χ1n) is 9.46. The summed E-state index contributed by atoms with van der Waals surface area (Å²) in [5.74, 6) is -4.44. The highest BCUT2D eigenvalue weighted by atomic mass is 19.2. The molecule has 0 atom stereocenters. The molecular weight excluding hydrogens is 399 g/mol. The molecule has 7 nitrogen and oxygen atoms in total. The van der Waals surface area contributed by atoms with Crippen LogP contribution in [0, 0.1) is 30.3 Å². The lowest BCUT2D eigenvalue weighted by atomic mass is 9.79. The molecule has 2 amide bonds. The van der Waals surface area contributed by atoms with E-state index in [9.17, 15) is 22.8 Å². The van der Waals surface area contributed by atoms with Crippen molar-refractivity contribution in [3.63, 3.8) is 0 Å². The standard InChI is InChI=1S/C20H20F3N5O2/c1-9-19-15(28(2)8-17(29)27-19)7-16(24-9)25-11-3-10(4-11)20(30)26-12-5-13(21)18(23)14(22)6-12/h5-7,10-11H,3-4,8H2,1-2H3,(H,24,25)(H,26,30)(H,27,29)/t10-,11-. The van der Waals surface area contributed by atoms with Gasteiger partial charge in [-0.05, 0) is 19.8 Å². The summed E-state index contributed by atoms with van der Waals surface area (Å²) in [6, 6.07) is 3.36. The maximum atomic E-state index is 13.3. The molecule has 1 aromatic heterocycles. The maximum Gasteiger partial charge on any atom is 0.243 e. The number of benzene rings is 1. The molecule has 0 unspecified atom stereocenters. The minimum atomic E-state index is -1.57. The Balaban J connectivity index is 1.36. The van der Waals surface area contributed by atoms with Crippen LogP contribution in [0.1, 0.15) is 18.5 Å². The largest absolute Gasteiger partial charge is 0.367 e. The third-order valence-electron chi connectivity index (χ3n) is 5.35. The second kappa shape index (κ2) is 7.51. The van der Waals surface area contributed by atoms with Crippen molar-refractivity contribution >= 4 is 34.7 Å². The number of halogens is 3. The zero-order valence-electron chi connectivity index (χ0n) is 16.4. The SMILES string of the molecule is Cc1nc(N[C@H]2C[C@H](C(=O)Nc3cc(F)c(F)c(F)c3)C2)cc2c1NC(=O)CN2C.